The van der Waals surface area contributed by atoms with Crippen molar-refractivity contribution in [3.63, 3.8) is 0 Å². The van der Waals surface area contributed by atoms with Crippen LogP contribution in [0.2, 0.25) is 0 Å². The minimum atomic E-state index is -0.884. The van der Waals surface area contributed by atoms with Crippen molar-refractivity contribution in [2.45, 2.75) is 46.8 Å². The molecule has 0 spiro atoms. The number of amides is 1. The Morgan fingerprint density at radius 1 is 1.21 bits per heavy atom. The Morgan fingerprint density at radius 2 is 1.97 bits per heavy atom. The maximum absolute atomic E-state index is 13.2. The fraction of sp³-hybridized carbons (Fsp3) is 0.360. The molecule has 0 saturated heterocycles. The highest BCUT2D eigenvalue weighted by Gasteiger charge is 2.22. The van der Waals surface area contributed by atoms with Crippen LogP contribution in [-0.2, 0) is 24.4 Å². The topological polar surface area (TPSA) is 50.2 Å². The van der Waals surface area contributed by atoms with Crippen LogP contribution in [0.1, 0.15) is 44.3 Å². The molecule has 1 aliphatic heterocycles. The van der Waals surface area contributed by atoms with Gasteiger partial charge in [0.15, 0.2) is 11.6 Å². The number of hydrogen-bond donors (Lipinski definition) is 1. The van der Waals surface area contributed by atoms with Gasteiger partial charge in [0.1, 0.15) is 11.7 Å². The van der Waals surface area contributed by atoms with Gasteiger partial charge in [0, 0.05) is 38.8 Å². The standard InChI is InChI=1S/C23H25F3N4O.C2H6/c1-3-18(24)6-4-16(2)21-14-29-10-11-30(15-22(29)28-21)23(31)8-9-27-13-17-5-7-19(25)20(26)12-17;1-2/h3-7,12,14,27H,1,8-11,13,15H2,2H3;1-2H3/b16-4+,18-6+;. The van der Waals surface area contributed by atoms with Crippen molar-refractivity contribution in [1.29, 1.82) is 0 Å². The van der Waals surface area contributed by atoms with Gasteiger partial charge in [0.05, 0.1) is 12.2 Å². The molecule has 178 valence electrons. The number of fused-ring (bicyclic) bond motifs is 1. The summed E-state index contributed by atoms with van der Waals surface area (Å²) in [5, 5.41) is 3.08. The largest absolute Gasteiger partial charge is 0.333 e. The SMILES string of the molecule is C=C/C(F)=C\C=C(/C)c1cn2c(n1)CN(C(=O)CCNCc1ccc(F)c(F)c1)CC2.CC. The van der Waals surface area contributed by atoms with Gasteiger partial charge in [-0.1, -0.05) is 32.6 Å². The van der Waals surface area contributed by atoms with E-state index in [1.807, 2.05) is 31.5 Å². The summed E-state index contributed by atoms with van der Waals surface area (Å²) in [5.74, 6) is -1.40. The van der Waals surface area contributed by atoms with E-state index in [1.54, 1.807) is 11.0 Å². The lowest BCUT2D eigenvalue weighted by molar-refractivity contribution is -0.132. The third kappa shape index (κ3) is 7.46. The Morgan fingerprint density at radius 3 is 2.67 bits per heavy atom. The number of halogens is 3. The molecule has 1 aromatic carbocycles. The molecular formula is C25H31F3N4O. The molecule has 33 heavy (non-hydrogen) atoms. The first-order valence-corrected chi connectivity index (χ1v) is 11.0. The highest BCUT2D eigenvalue weighted by molar-refractivity contribution is 5.76. The van der Waals surface area contributed by atoms with Gasteiger partial charge in [-0.25, -0.2) is 18.2 Å². The average Bonchev–Trinajstić information content (AvgIpc) is 3.27. The third-order valence-electron chi connectivity index (χ3n) is 5.08. The number of rotatable bonds is 8. The fourth-order valence-corrected chi connectivity index (χ4v) is 3.25. The summed E-state index contributed by atoms with van der Waals surface area (Å²) in [4.78, 5) is 18.9. The number of carbonyl (C=O) groups is 1. The molecule has 0 unspecified atom stereocenters. The molecule has 8 heteroatoms. The summed E-state index contributed by atoms with van der Waals surface area (Å²) in [5.41, 5.74) is 2.17. The van der Waals surface area contributed by atoms with Crippen LogP contribution in [0, 0.1) is 11.6 Å². The van der Waals surface area contributed by atoms with E-state index in [9.17, 15) is 18.0 Å². The Kier molecular flexibility index (Phi) is 10.1. The predicted octanol–water partition coefficient (Wildman–Crippen LogP) is 5.15. The number of imidazole rings is 1. The third-order valence-corrected chi connectivity index (χ3v) is 5.08. The summed E-state index contributed by atoms with van der Waals surface area (Å²) in [6.07, 6.45) is 6.32. The van der Waals surface area contributed by atoms with Gasteiger partial charge in [-0.05, 0) is 42.3 Å². The molecule has 5 nitrogen and oxygen atoms in total. The van der Waals surface area contributed by atoms with E-state index in [0.717, 1.165) is 35.3 Å². The zero-order valence-corrected chi connectivity index (χ0v) is 19.4. The van der Waals surface area contributed by atoms with Crippen molar-refractivity contribution < 1.29 is 18.0 Å². The van der Waals surface area contributed by atoms with Crippen molar-refractivity contribution >= 4 is 11.5 Å². The molecule has 0 aliphatic carbocycles. The number of nitrogens with one attached hydrogen (secondary N) is 1. The maximum atomic E-state index is 13.2. The first-order chi connectivity index (χ1) is 15.9. The number of allylic oxidation sites excluding steroid dienone is 5. The average molecular weight is 461 g/mol. The van der Waals surface area contributed by atoms with Crippen molar-refractivity contribution in [2.24, 2.45) is 0 Å². The van der Waals surface area contributed by atoms with E-state index >= 15 is 0 Å². The minimum absolute atomic E-state index is 0.00293. The highest BCUT2D eigenvalue weighted by Crippen LogP contribution is 2.19. The maximum Gasteiger partial charge on any atom is 0.224 e. The van der Waals surface area contributed by atoms with Crippen LogP contribution in [0.3, 0.4) is 0 Å². The Hall–Kier alpha value is -3.13. The van der Waals surface area contributed by atoms with Crippen LogP contribution in [-0.4, -0.2) is 33.4 Å². The zero-order valence-electron chi connectivity index (χ0n) is 19.4. The van der Waals surface area contributed by atoms with Crippen LogP contribution in [0.4, 0.5) is 13.2 Å². The lowest BCUT2D eigenvalue weighted by Gasteiger charge is -2.27. The van der Waals surface area contributed by atoms with Crippen LogP contribution in [0.5, 0.6) is 0 Å². The molecule has 1 aromatic heterocycles. The minimum Gasteiger partial charge on any atom is -0.333 e. The zero-order chi connectivity index (χ0) is 24.4. The molecule has 1 amide bonds. The Bertz CT molecular complexity index is 1030. The van der Waals surface area contributed by atoms with Gasteiger partial charge >= 0.3 is 0 Å². The molecule has 1 N–H and O–H groups in total. The molecule has 0 radical (unpaired) electrons. The number of hydrogen-bond acceptors (Lipinski definition) is 3. The summed E-state index contributed by atoms with van der Waals surface area (Å²) in [6.45, 7) is 11.6. The van der Waals surface area contributed by atoms with Gasteiger partial charge in [-0.3, -0.25) is 4.79 Å². The quantitative estimate of drug-likeness (QED) is 0.438. The van der Waals surface area contributed by atoms with E-state index in [1.165, 1.54) is 12.1 Å². The van der Waals surface area contributed by atoms with Gasteiger partial charge in [0.2, 0.25) is 5.91 Å². The second kappa shape index (κ2) is 12.8. The van der Waals surface area contributed by atoms with Gasteiger partial charge in [-0.2, -0.15) is 0 Å². The molecule has 0 atom stereocenters. The van der Waals surface area contributed by atoms with Crippen molar-refractivity contribution in [2.75, 3.05) is 13.1 Å². The van der Waals surface area contributed by atoms with Crippen LogP contribution < -0.4 is 5.32 Å². The number of benzene rings is 1. The molecule has 0 bridgehead atoms. The second-order valence-electron chi connectivity index (χ2n) is 7.33. The first kappa shape index (κ1) is 26.1. The van der Waals surface area contributed by atoms with E-state index in [-0.39, 0.29) is 5.91 Å². The van der Waals surface area contributed by atoms with Crippen LogP contribution in [0.25, 0.3) is 5.57 Å². The normalized spacial score (nSPS) is 13.8. The smallest absolute Gasteiger partial charge is 0.224 e. The summed E-state index contributed by atoms with van der Waals surface area (Å²) in [6, 6.07) is 3.74. The lowest BCUT2D eigenvalue weighted by atomic mass is 10.2. The number of nitrogens with zero attached hydrogens (tertiary/aromatic N) is 3. The molecule has 0 fully saturated rings. The number of aromatic nitrogens is 2. The molecule has 0 saturated carbocycles. The molecular weight excluding hydrogens is 429 g/mol. The second-order valence-corrected chi connectivity index (χ2v) is 7.33. The van der Waals surface area contributed by atoms with E-state index in [4.69, 9.17) is 0 Å². The monoisotopic (exact) mass is 460 g/mol. The van der Waals surface area contributed by atoms with Crippen LogP contribution in [0.15, 0.2) is 55.0 Å². The van der Waals surface area contributed by atoms with Crippen molar-refractivity contribution in [3.8, 4) is 0 Å². The number of carbonyl (C=O) groups excluding carboxylic acids is 1. The van der Waals surface area contributed by atoms with Gasteiger partial charge in [0.25, 0.3) is 0 Å². The Labute approximate surface area is 193 Å². The lowest BCUT2D eigenvalue weighted by Crippen LogP contribution is -2.39. The molecule has 3 rings (SSSR count). The predicted molar refractivity (Wildman–Crippen MR) is 125 cm³/mol. The Balaban J connectivity index is 0.00000187. The summed E-state index contributed by atoms with van der Waals surface area (Å²) in [7, 11) is 0. The highest BCUT2D eigenvalue weighted by atomic mass is 19.2. The van der Waals surface area contributed by atoms with Crippen LogP contribution >= 0.6 is 0 Å². The molecule has 1 aliphatic rings. The van der Waals surface area contributed by atoms with Gasteiger partial charge < -0.3 is 14.8 Å². The first-order valence-electron chi connectivity index (χ1n) is 11.0. The summed E-state index contributed by atoms with van der Waals surface area (Å²) < 4.78 is 41.4. The fourth-order valence-electron chi connectivity index (χ4n) is 3.25. The van der Waals surface area contributed by atoms with Gasteiger partial charge in [-0.15, -0.1) is 0 Å². The van der Waals surface area contributed by atoms with Crippen molar-refractivity contribution in [3.05, 3.63) is 83.7 Å². The molecule has 2 aromatic rings. The summed E-state index contributed by atoms with van der Waals surface area (Å²) >= 11 is 0. The molecule has 2 heterocycles. The van der Waals surface area contributed by atoms with E-state index in [0.29, 0.717) is 44.7 Å². The van der Waals surface area contributed by atoms with E-state index < -0.39 is 17.5 Å². The van der Waals surface area contributed by atoms with E-state index in [2.05, 4.69) is 16.9 Å². The van der Waals surface area contributed by atoms with Crippen molar-refractivity contribution in [1.82, 2.24) is 19.8 Å².